The van der Waals surface area contributed by atoms with E-state index in [0.717, 1.165) is 5.69 Å². The van der Waals surface area contributed by atoms with Gasteiger partial charge in [-0.05, 0) is 25.5 Å². The molecule has 2 fully saturated rings. The number of rotatable bonds is 3. The minimum absolute atomic E-state index is 0.0253. The molecule has 0 aliphatic carbocycles. The summed E-state index contributed by atoms with van der Waals surface area (Å²) in [5, 5.41) is 0. The average molecular weight is 324 g/mol. The maximum Gasteiger partial charge on any atom is 0.255 e. The molecule has 2 saturated heterocycles. The number of amides is 1. The standard InChI is InChI=1S/C15H20N2O4S/c1-11-3-4-12(7-16-11)14(18)17-9-15(10-17)13(8-21-2)5-6-22(15,19)20/h3-4,7,13H,5-6,8-10H2,1-2H3/t13-/m1/s1. The van der Waals surface area contributed by atoms with E-state index < -0.39 is 14.6 Å². The molecule has 1 amide bonds. The van der Waals surface area contributed by atoms with Crippen LogP contribution in [0.5, 0.6) is 0 Å². The third-order valence-electron chi connectivity index (χ3n) is 4.83. The zero-order chi connectivity index (χ0) is 16.0. The predicted molar refractivity (Wildman–Crippen MR) is 81.4 cm³/mol. The number of ether oxygens (including phenoxy) is 1. The Kier molecular flexibility index (Phi) is 3.72. The van der Waals surface area contributed by atoms with Gasteiger partial charge in [0.05, 0.1) is 17.9 Å². The Labute approximate surface area is 130 Å². The molecule has 0 aromatic carbocycles. The molecule has 0 N–H and O–H groups in total. The lowest BCUT2D eigenvalue weighted by atomic mass is 9.83. The fourth-order valence-corrected chi connectivity index (χ4v) is 5.83. The topological polar surface area (TPSA) is 76.6 Å². The molecule has 1 aromatic heterocycles. The Bertz CT molecular complexity index is 678. The van der Waals surface area contributed by atoms with Crippen molar-refractivity contribution < 1.29 is 17.9 Å². The molecule has 120 valence electrons. The highest BCUT2D eigenvalue weighted by atomic mass is 32.2. The normalized spacial score (nSPS) is 25.2. The van der Waals surface area contributed by atoms with Crippen LogP contribution >= 0.6 is 0 Å². The van der Waals surface area contributed by atoms with Crippen molar-refractivity contribution in [3.8, 4) is 0 Å². The predicted octanol–water partition coefficient (Wildman–Crippen LogP) is 0.666. The van der Waals surface area contributed by atoms with Crippen LogP contribution in [0.4, 0.5) is 0 Å². The number of sulfone groups is 1. The molecule has 0 radical (unpaired) electrons. The van der Waals surface area contributed by atoms with Crippen LogP contribution in [-0.4, -0.2) is 61.5 Å². The number of nitrogens with zero attached hydrogens (tertiary/aromatic N) is 2. The lowest BCUT2D eigenvalue weighted by molar-refractivity contribution is 0.0336. The molecule has 22 heavy (non-hydrogen) atoms. The molecule has 0 saturated carbocycles. The Balaban J connectivity index is 1.77. The molecule has 2 aliphatic heterocycles. The van der Waals surface area contributed by atoms with Crippen LogP contribution in [0, 0.1) is 12.8 Å². The minimum Gasteiger partial charge on any atom is -0.384 e. The summed E-state index contributed by atoms with van der Waals surface area (Å²) in [5.41, 5.74) is 1.34. The van der Waals surface area contributed by atoms with E-state index in [1.807, 2.05) is 6.92 Å². The van der Waals surface area contributed by atoms with Crippen LogP contribution in [0.15, 0.2) is 18.3 Å². The number of aromatic nitrogens is 1. The summed E-state index contributed by atoms with van der Waals surface area (Å²) in [6.45, 7) is 2.80. The summed E-state index contributed by atoms with van der Waals surface area (Å²) in [7, 11) is -1.58. The van der Waals surface area contributed by atoms with Crippen LogP contribution in [0.2, 0.25) is 0 Å². The second-order valence-electron chi connectivity index (χ2n) is 6.17. The fraction of sp³-hybridized carbons (Fsp3) is 0.600. The van der Waals surface area contributed by atoms with Crippen LogP contribution in [0.1, 0.15) is 22.5 Å². The fourth-order valence-electron chi connectivity index (χ4n) is 3.43. The van der Waals surface area contributed by atoms with E-state index in [1.54, 1.807) is 30.3 Å². The van der Waals surface area contributed by atoms with Crippen molar-refractivity contribution in [3.05, 3.63) is 29.6 Å². The van der Waals surface area contributed by atoms with Crippen molar-refractivity contribution in [1.82, 2.24) is 9.88 Å². The van der Waals surface area contributed by atoms with Crippen molar-refractivity contribution in [1.29, 1.82) is 0 Å². The Morgan fingerprint density at radius 1 is 1.45 bits per heavy atom. The van der Waals surface area contributed by atoms with Crippen LogP contribution in [-0.2, 0) is 14.6 Å². The zero-order valence-corrected chi connectivity index (χ0v) is 13.6. The Morgan fingerprint density at radius 2 is 2.18 bits per heavy atom. The van der Waals surface area contributed by atoms with Gasteiger partial charge in [-0.3, -0.25) is 9.78 Å². The van der Waals surface area contributed by atoms with Crippen molar-refractivity contribution in [2.45, 2.75) is 18.1 Å². The first kappa shape index (κ1) is 15.4. The van der Waals surface area contributed by atoms with Crippen molar-refractivity contribution in [3.63, 3.8) is 0 Å². The maximum atomic E-state index is 12.4. The number of hydrogen-bond acceptors (Lipinski definition) is 5. The summed E-state index contributed by atoms with van der Waals surface area (Å²) >= 11 is 0. The SMILES string of the molecule is COC[C@H]1CCS(=O)(=O)C12CN(C(=O)c1ccc(C)nc1)C2. The molecular weight excluding hydrogens is 304 g/mol. The quantitative estimate of drug-likeness (QED) is 0.816. The molecule has 2 aliphatic rings. The van der Waals surface area contributed by atoms with Gasteiger partial charge in [-0.15, -0.1) is 0 Å². The average Bonchev–Trinajstić information content (AvgIpc) is 2.69. The lowest BCUT2D eigenvalue weighted by Crippen LogP contribution is -2.68. The number of carbonyl (C=O) groups excluding carboxylic acids is 1. The van der Waals surface area contributed by atoms with Gasteiger partial charge < -0.3 is 9.64 Å². The molecule has 1 spiro atoms. The number of pyridine rings is 1. The molecule has 3 heterocycles. The number of likely N-dealkylation sites (tertiary alicyclic amines) is 1. The monoisotopic (exact) mass is 324 g/mol. The highest BCUT2D eigenvalue weighted by molar-refractivity contribution is 7.93. The van der Waals surface area contributed by atoms with Gasteiger partial charge in [0, 0.05) is 38.0 Å². The van der Waals surface area contributed by atoms with Gasteiger partial charge in [0.25, 0.3) is 5.91 Å². The first-order chi connectivity index (χ1) is 10.4. The van der Waals surface area contributed by atoms with E-state index >= 15 is 0 Å². The van der Waals surface area contributed by atoms with Crippen LogP contribution in [0.3, 0.4) is 0 Å². The van der Waals surface area contributed by atoms with Gasteiger partial charge in [-0.2, -0.15) is 0 Å². The van der Waals surface area contributed by atoms with Crippen molar-refractivity contribution in [2.24, 2.45) is 5.92 Å². The van der Waals surface area contributed by atoms with Crippen LogP contribution < -0.4 is 0 Å². The van der Waals surface area contributed by atoms with E-state index in [2.05, 4.69) is 4.98 Å². The molecule has 3 rings (SSSR count). The van der Waals surface area contributed by atoms with Crippen molar-refractivity contribution >= 4 is 15.7 Å². The molecule has 1 atom stereocenters. The minimum atomic E-state index is -3.17. The second kappa shape index (κ2) is 5.31. The first-order valence-electron chi connectivity index (χ1n) is 7.33. The van der Waals surface area contributed by atoms with E-state index in [4.69, 9.17) is 4.74 Å². The van der Waals surface area contributed by atoms with Crippen molar-refractivity contribution in [2.75, 3.05) is 32.6 Å². The maximum absolute atomic E-state index is 12.4. The van der Waals surface area contributed by atoms with Gasteiger partial charge in [-0.25, -0.2) is 8.42 Å². The Hall–Kier alpha value is -1.47. The molecule has 6 nitrogen and oxygen atoms in total. The number of hydrogen-bond donors (Lipinski definition) is 0. The van der Waals surface area contributed by atoms with E-state index in [9.17, 15) is 13.2 Å². The van der Waals surface area contributed by atoms with Gasteiger partial charge in [-0.1, -0.05) is 0 Å². The molecule has 0 bridgehead atoms. The largest absolute Gasteiger partial charge is 0.384 e. The van der Waals surface area contributed by atoms with E-state index in [0.29, 0.717) is 18.6 Å². The summed E-state index contributed by atoms with van der Waals surface area (Å²) in [5.74, 6) is 0.00822. The van der Waals surface area contributed by atoms with Gasteiger partial charge in [0.1, 0.15) is 4.75 Å². The third kappa shape index (κ3) is 2.23. The summed E-state index contributed by atoms with van der Waals surface area (Å²) < 4.78 is 29.1. The Morgan fingerprint density at radius 3 is 2.77 bits per heavy atom. The number of methoxy groups -OCH3 is 1. The summed E-state index contributed by atoms with van der Waals surface area (Å²) in [6.07, 6.45) is 2.16. The highest BCUT2D eigenvalue weighted by Gasteiger charge is 2.62. The molecule has 7 heteroatoms. The highest BCUT2D eigenvalue weighted by Crippen LogP contribution is 2.45. The second-order valence-corrected chi connectivity index (χ2v) is 8.62. The van der Waals surface area contributed by atoms with E-state index in [-0.39, 0.29) is 30.7 Å². The summed E-state index contributed by atoms with van der Waals surface area (Å²) in [4.78, 5) is 18.1. The van der Waals surface area contributed by atoms with E-state index in [1.165, 1.54) is 0 Å². The molecular formula is C15H20N2O4S. The lowest BCUT2D eigenvalue weighted by Gasteiger charge is -2.49. The number of carbonyl (C=O) groups is 1. The molecule has 0 unspecified atom stereocenters. The smallest absolute Gasteiger partial charge is 0.255 e. The van der Waals surface area contributed by atoms with Gasteiger partial charge in [0.2, 0.25) is 0 Å². The summed E-state index contributed by atoms with van der Waals surface area (Å²) in [6, 6.07) is 3.51. The number of aryl methyl sites for hydroxylation is 1. The zero-order valence-electron chi connectivity index (χ0n) is 12.8. The van der Waals surface area contributed by atoms with Gasteiger partial charge >= 0.3 is 0 Å². The molecule has 1 aromatic rings. The van der Waals surface area contributed by atoms with Crippen LogP contribution in [0.25, 0.3) is 0 Å². The van der Waals surface area contributed by atoms with Gasteiger partial charge in [0.15, 0.2) is 9.84 Å². The third-order valence-corrected chi connectivity index (χ3v) is 7.43. The first-order valence-corrected chi connectivity index (χ1v) is 8.98.